The van der Waals surface area contributed by atoms with Crippen LogP contribution in [0.4, 0.5) is 0 Å². The van der Waals surface area contributed by atoms with Gasteiger partial charge in [0.15, 0.2) is 0 Å². The van der Waals surface area contributed by atoms with Gasteiger partial charge in [0.2, 0.25) is 10.0 Å². The number of halogens is 1. The smallest absolute Gasteiger partial charge is 0.243 e. The van der Waals surface area contributed by atoms with E-state index in [9.17, 15) is 8.42 Å². The third-order valence-corrected chi connectivity index (χ3v) is 7.50. The van der Waals surface area contributed by atoms with Crippen molar-refractivity contribution in [3.05, 3.63) is 40.6 Å². The zero-order chi connectivity index (χ0) is 16.9. The Bertz CT molecular complexity index is 817. The van der Waals surface area contributed by atoms with Crippen molar-refractivity contribution in [1.29, 1.82) is 0 Å². The fourth-order valence-corrected chi connectivity index (χ4v) is 6.28. The number of sulfonamides is 1. The standard InChI is InChI=1S/C17H20ClN3O2S/c1-2-13-15-4-3-5-16(14-10-19-20-17(13)14)21(15)24(22,23)12-8-6-11(18)7-9-12/h6-10,14-16,20H,2-5H2,1H3. The predicted molar refractivity (Wildman–Crippen MR) is 94.3 cm³/mol. The van der Waals surface area contributed by atoms with Crippen LogP contribution in [-0.2, 0) is 10.0 Å². The Hall–Kier alpha value is -1.37. The molecule has 1 fully saturated rings. The van der Waals surface area contributed by atoms with Crippen LogP contribution in [0.25, 0.3) is 0 Å². The summed E-state index contributed by atoms with van der Waals surface area (Å²) < 4.78 is 28.5. The Morgan fingerprint density at radius 2 is 2.04 bits per heavy atom. The topological polar surface area (TPSA) is 61.8 Å². The van der Waals surface area contributed by atoms with Gasteiger partial charge in [0.1, 0.15) is 0 Å². The van der Waals surface area contributed by atoms with Crippen molar-refractivity contribution in [2.24, 2.45) is 11.0 Å². The fraction of sp³-hybridized carbons (Fsp3) is 0.471. The van der Waals surface area contributed by atoms with E-state index >= 15 is 0 Å². The van der Waals surface area contributed by atoms with Crippen molar-refractivity contribution in [3.8, 4) is 0 Å². The zero-order valence-corrected chi connectivity index (χ0v) is 15.0. The Morgan fingerprint density at radius 3 is 2.75 bits per heavy atom. The first kappa shape index (κ1) is 16.1. The van der Waals surface area contributed by atoms with E-state index in [1.54, 1.807) is 28.6 Å². The Morgan fingerprint density at radius 1 is 1.29 bits per heavy atom. The highest BCUT2D eigenvalue weighted by molar-refractivity contribution is 7.89. The van der Waals surface area contributed by atoms with Gasteiger partial charge in [-0.1, -0.05) is 18.5 Å². The summed E-state index contributed by atoms with van der Waals surface area (Å²) in [6, 6.07) is 6.32. The fourth-order valence-electron chi connectivity index (χ4n) is 4.27. The van der Waals surface area contributed by atoms with Crippen molar-refractivity contribution in [1.82, 2.24) is 9.73 Å². The SMILES string of the molecule is CCC1=C2NN=CC2C2CCCC1N2S(=O)(=O)c1ccc(Cl)cc1. The maximum Gasteiger partial charge on any atom is 0.243 e. The molecule has 24 heavy (non-hydrogen) atoms. The summed E-state index contributed by atoms with van der Waals surface area (Å²) in [7, 11) is -3.57. The summed E-state index contributed by atoms with van der Waals surface area (Å²) in [6.45, 7) is 2.08. The molecule has 0 radical (unpaired) electrons. The number of hydrazone groups is 1. The number of nitrogens with one attached hydrogen (secondary N) is 1. The van der Waals surface area contributed by atoms with Crippen LogP contribution in [-0.4, -0.2) is 31.0 Å². The molecule has 4 rings (SSSR count). The summed E-state index contributed by atoms with van der Waals surface area (Å²) in [6.07, 6.45) is 5.46. The molecular formula is C17H20ClN3O2S. The summed E-state index contributed by atoms with van der Waals surface area (Å²) in [5, 5.41) is 4.75. The van der Waals surface area contributed by atoms with Crippen LogP contribution in [0.2, 0.25) is 5.02 Å². The molecule has 0 amide bonds. The number of nitrogens with zero attached hydrogens (tertiary/aromatic N) is 2. The van der Waals surface area contributed by atoms with Gasteiger partial charge in [0.05, 0.1) is 10.8 Å². The Kier molecular flexibility index (Phi) is 3.94. The lowest BCUT2D eigenvalue weighted by molar-refractivity contribution is 0.162. The number of hydrogen-bond acceptors (Lipinski definition) is 4. The molecule has 5 nitrogen and oxygen atoms in total. The molecule has 7 heteroatoms. The molecule has 1 saturated heterocycles. The summed E-state index contributed by atoms with van der Waals surface area (Å²) in [5.74, 6) is 0.0403. The largest absolute Gasteiger partial charge is 0.282 e. The molecule has 0 aromatic heterocycles. The van der Waals surface area contributed by atoms with Crippen molar-refractivity contribution in [2.75, 3.05) is 0 Å². The average Bonchev–Trinajstić information content (AvgIpc) is 3.05. The first-order valence-electron chi connectivity index (χ1n) is 8.35. The number of benzene rings is 1. The van der Waals surface area contributed by atoms with Gasteiger partial charge in [-0.05, 0) is 55.5 Å². The number of piperidine rings is 1. The molecule has 1 aromatic carbocycles. The number of hydrogen-bond donors (Lipinski definition) is 1. The first-order valence-corrected chi connectivity index (χ1v) is 10.2. The maximum absolute atomic E-state index is 13.4. The Labute approximate surface area is 147 Å². The van der Waals surface area contributed by atoms with E-state index in [4.69, 9.17) is 11.6 Å². The molecule has 1 N–H and O–H groups in total. The van der Waals surface area contributed by atoms with Gasteiger partial charge >= 0.3 is 0 Å². The molecule has 0 spiro atoms. The minimum absolute atomic E-state index is 0.0403. The number of rotatable bonds is 3. The quantitative estimate of drug-likeness (QED) is 0.895. The average molecular weight is 366 g/mol. The highest BCUT2D eigenvalue weighted by atomic mass is 35.5. The lowest BCUT2D eigenvalue weighted by Gasteiger charge is -2.48. The van der Waals surface area contributed by atoms with Crippen LogP contribution in [0.1, 0.15) is 32.6 Å². The van der Waals surface area contributed by atoms with E-state index in [0.29, 0.717) is 9.92 Å². The van der Waals surface area contributed by atoms with Gasteiger partial charge < -0.3 is 0 Å². The van der Waals surface area contributed by atoms with Gasteiger partial charge in [-0.3, -0.25) is 5.43 Å². The van der Waals surface area contributed by atoms with Crippen LogP contribution in [0, 0.1) is 5.92 Å². The van der Waals surface area contributed by atoms with E-state index in [-0.39, 0.29) is 18.0 Å². The monoisotopic (exact) mass is 365 g/mol. The van der Waals surface area contributed by atoms with Crippen LogP contribution < -0.4 is 5.43 Å². The van der Waals surface area contributed by atoms with E-state index in [2.05, 4.69) is 17.5 Å². The molecule has 3 aliphatic heterocycles. The molecule has 1 aromatic rings. The van der Waals surface area contributed by atoms with Crippen molar-refractivity contribution < 1.29 is 8.42 Å². The molecule has 128 valence electrons. The minimum atomic E-state index is -3.57. The first-order chi connectivity index (χ1) is 11.5. The number of fused-ring (bicyclic) bond motifs is 4. The van der Waals surface area contributed by atoms with Crippen molar-refractivity contribution in [3.63, 3.8) is 0 Å². The van der Waals surface area contributed by atoms with Gasteiger partial charge in [-0.2, -0.15) is 9.41 Å². The van der Waals surface area contributed by atoms with Crippen molar-refractivity contribution >= 4 is 27.8 Å². The third-order valence-electron chi connectivity index (χ3n) is 5.30. The molecule has 3 aliphatic rings. The van der Waals surface area contributed by atoms with Crippen LogP contribution in [0.3, 0.4) is 0 Å². The second kappa shape index (κ2) is 5.86. The minimum Gasteiger partial charge on any atom is -0.282 e. The van der Waals surface area contributed by atoms with Gasteiger partial charge in [-0.25, -0.2) is 8.42 Å². The maximum atomic E-state index is 13.4. The zero-order valence-electron chi connectivity index (χ0n) is 13.4. The molecule has 3 heterocycles. The second-order valence-corrected chi connectivity index (χ2v) is 8.79. The lowest BCUT2D eigenvalue weighted by atomic mass is 9.78. The second-order valence-electron chi connectivity index (χ2n) is 6.51. The van der Waals surface area contributed by atoms with Gasteiger partial charge in [0.25, 0.3) is 0 Å². The summed E-state index contributed by atoms with van der Waals surface area (Å²) >= 11 is 5.92. The summed E-state index contributed by atoms with van der Waals surface area (Å²) in [4.78, 5) is 0.311. The van der Waals surface area contributed by atoms with Crippen LogP contribution >= 0.6 is 11.6 Å². The summed E-state index contributed by atoms with van der Waals surface area (Å²) in [5.41, 5.74) is 5.41. The Balaban J connectivity index is 1.83. The van der Waals surface area contributed by atoms with Gasteiger partial charge in [-0.15, -0.1) is 0 Å². The van der Waals surface area contributed by atoms with E-state index in [0.717, 1.165) is 31.4 Å². The molecule has 2 bridgehead atoms. The van der Waals surface area contributed by atoms with Crippen LogP contribution in [0.15, 0.2) is 45.5 Å². The highest BCUT2D eigenvalue weighted by Gasteiger charge is 2.50. The molecule has 0 aliphatic carbocycles. The molecule has 3 unspecified atom stereocenters. The molecular weight excluding hydrogens is 346 g/mol. The predicted octanol–water partition coefficient (Wildman–Crippen LogP) is 3.13. The molecule has 0 saturated carbocycles. The van der Waals surface area contributed by atoms with Crippen molar-refractivity contribution in [2.45, 2.75) is 49.6 Å². The lowest BCUT2D eigenvalue weighted by Crippen LogP contribution is -2.57. The highest BCUT2D eigenvalue weighted by Crippen LogP contribution is 2.44. The van der Waals surface area contributed by atoms with E-state index in [1.807, 2.05) is 6.21 Å². The van der Waals surface area contributed by atoms with Gasteiger partial charge in [0, 0.05) is 29.0 Å². The normalized spacial score (nSPS) is 29.5. The van der Waals surface area contributed by atoms with Crippen LogP contribution in [0.5, 0.6) is 0 Å². The van der Waals surface area contributed by atoms with E-state index in [1.165, 1.54) is 5.57 Å². The third kappa shape index (κ3) is 2.31. The molecule has 3 atom stereocenters. The van der Waals surface area contributed by atoms with E-state index < -0.39 is 10.0 Å².